The second-order valence-electron chi connectivity index (χ2n) is 10.5. The molecule has 0 aliphatic heterocycles. The molecule has 0 bridgehead atoms. The number of anilines is 2. The molecule has 10 nitrogen and oxygen atoms in total. The molecule has 3 amide bonds. The summed E-state index contributed by atoms with van der Waals surface area (Å²) in [5, 5.41) is 5.55. The molecule has 1 aromatic carbocycles. The summed E-state index contributed by atoms with van der Waals surface area (Å²) in [4.78, 5) is 36.8. The lowest BCUT2D eigenvalue weighted by Crippen LogP contribution is -2.44. The zero-order valence-corrected chi connectivity index (χ0v) is 24.5. The van der Waals surface area contributed by atoms with Crippen molar-refractivity contribution in [2.45, 2.75) is 84.2 Å². The van der Waals surface area contributed by atoms with Gasteiger partial charge < -0.3 is 25.8 Å². The summed E-state index contributed by atoms with van der Waals surface area (Å²) in [6.45, 7) is 7.70. The minimum absolute atomic E-state index is 0.000236. The minimum Gasteiger partial charge on any atom is -0.399 e. The third-order valence-electron chi connectivity index (χ3n) is 6.07. The van der Waals surface area contributed by atoms with E-state index in [0.29, 0.717) is 23.7 Å². The summed E-state index contributed by atoms with van der Waals surface area (Å²) in [7, 11) is 6.16. The SMILES string of the molecule is [B]C(C)(CNC(=O)CCC(=O)NNCOC(C)CCCCCCl)OCCC(C)(C)C(=O)Nc1ccc(N)cc1. The number of nitrogens with two attached hydrogens (primary N) is 1. The van der Waals surface area contributed by atoms with Gasteiger partial charge in [-0.15, -0.1) is 11.6 Å². The van der Waals surface area contributed by atoms with E-state index >= 15 is 0 Å². The maximum absolute atomic E-state index is 12.7. The summed E-state index contributed by atoms with van der Waals surface area (Å²) >= 11 is 5.66. The molecule has 0 saturated carbocycles. The molecule has 39 heavy (non-hydrogen) atoms. The van der Waals surface area contributed by atoms with Gasteiger partial charge in [-0.1, -0.05) is 26.7 Å². The summed E-state index contributed by atoms with van der Waals surface area (Å²) < 4.78 is 11.3. The normalized spacial score (nSPS) is 13.8. The maximum atomic E-state index is 12.7. The zero-order valence-electron chi connectivity index (χ0n) is 23.7. The number of ether oxygens (including phenoxy) is 2. The third-order valence-corrected chi connectivity index (χ3v) is 6.34. The summed E-state index contributed by atoms with van der Waals surface area (Å²) in [5.74, 6) is -0.132. The van der Waals surface area contributed by atoms with Gasteiger partial charge in [-0.25, -0.2) is 5.43 Å². The highest BCUT2D eigenvalue weighted by Crippen LogP contribution is 2.24. The Morgan fingerprint density at radius 3 is 2.38 bits per heavy atom. The molecule has 2 radical (unpaired) electrons. The predicted octanol–water partition coefficient (Wildman–Crippen LogP) is 3.20. The molecule has 0 fully saturated rings. The Morgan fingerprint density at radius 1 is 1.05 bits per heavy atom. The standard InChI is InChI=1S/C27H45BClN5O5/c1-20(8-6-5-7-16-29)38-19-32-34-24(36)14-13-23(35)31-18-27(4,28)39-17-15-26(2,3)25(37)33-22-11-9-21(30)10-12-22/h9-12,20,32H,5-8,13-19,30H2,1-4H3,(H,31,35)(H,33,37)(H,34,36). The number of carbonyl (C=O) groups excluding carboxylic acids is 3. The average molecular weight is 566 g/mol. The smallest absolute Gasteiger partial charge is 0.234 e. The number of benzene rings is 1. The van der Waals surface area contributed by atoms with E-state index in [1.54, 1.807) is 31.2 Å². The summed E-state index contributed by atoms with van der Waals surface area (Å²) in [6, 6.07) is 6.91. The number of nitrogen functional groups attached to an aromatic ring is 1. The van der Waals surface area contributed by atoms with Gasteiger partial charge in [0.15, 0.2) is 0 Å². The predicted molar refractivity (Wildman–Crippen MR) is 156 cm³/mol. The van der Waals surface area contributed by atoms with Crippen molar-refractivity contribution in [3.05, 3.63) is 24.3 Å². The first-order valence-corrected chi connectivity index (χ1v) is 13.9. The Kier molecular flexibility index (Phi) is 16.1. The van der Waals surface area contributed by atoms with Crippen LogP contribution in [0.5, 0.6) is 0 Å². The van der Waals surface area contributed by atoms with Crippen LogP contribution in [0, 0.1) is 5.41 Å². The first-order valence-electron chi connectivity index (χ1n) is 13.4. The number of rotatable bonds is 20. The topological polar surface area (TPSA) is 144 Å². The first kappa shape index (κ1) is 34.7. The monoisotopic (exact) mass is 565 g/mol. The van der Waals surface area contributed by atoms with Crippen LogP contribution in [0.25, 0.3) is 0 Å². The Morgan fingerprint density at radius 2 is 1.72 bits per heavy atom. The maximum Gasteiger partial charge on any atom is 0.234 e. The van der Waals surface area contributed by atoms with Crippen molar-refractivity contribution in [1.29, 1.82) is 0 Å². The van der Waals surface area contributed by atoms with Gasteiger partial charge in [-0.2, -0.15) is 0 Å². The van der Waals surface area contributed by atoms with Crippen molar-refractivity contribution in [2.75, 3.05) is 36.8 Å². The van der Waals surface area contributed by atoms with Crippen LogP contribution in [0.2, 0.25) is 0 Å². The molecule has 0 spiro atoms. The molecule has 0 heterocycles. The van der Waals surface area contributed by atoms with Gasteiger partial charge in [0.2, 0.25) is 17.7 Å². The van der Waals surface area contributed by atoms with Crippen LogP contribution in [0.4, 0.5) is 11.4 Å². The molecule has 0 saturated heterocycles. The molecule has 0 aromatic heterocycles. The Labute approximate surface area is 239 Å². The van der Waals surface area contributed by atoms with Crippen LogP contribution >= 0.6 is 11.6 Å². The highest BCUT2D eigenvalue weighted by atomic mass is 35.5. The number of hydrazine groups is 1. The molecule has 2 unspecified atom stereocenters. The minimum atomic E-state index is -1.14. The fraction of sp³-hybridized carbons (Fsp3) is 0.667. The Balaban J connectivity index is 2.21. The number of alkyl halides is 1. The molecular formula is C27H45BClN5O5. The number of unbranched alkanes of at least 4 members (excludes halogenated alkanes) is 2. The van der Waals surface area contributed by atoms with E-state index in [4.69, 9.17) is 34.7 Å². The molecule has 0 aliphatic carbocycles. The average Bonchev–Trinajstić information content (AvgIpc) is 2.87. The summed E-state index contributed by atoms with van der Waals surface area (Å²) in [5.41, 5.74) is 10.3. The van der Waals surface area contributed by atoms with Gasteiger partial charge in [0, 0.05) is 54.2 Å². The zero-order chi connectivity index (χ0) is 29.3. The number of carbonyl (C=O) groups is 3. The van der Waals surface area contributed by atoms with E-state index in [9.17, 15) is 14.4 Å². The van der Waals surface area contributed by atoms with Gasteiger partial charge >= 0.3 is 0 Å². The van der Waals surface area contributed by atoms with Gasteiger partial charge in [-0.05, 0) is 57.4 Å². The fourth-order valence-electron chi connectivity index (χ4n) is 3.33. The van der Waals surface area contributed by atoms with Crippen molar-refractivity contribution in [1.82, 2.24) is 16.2 Å². The van der Waals surface area contributed by atoms with Crippen molar-refractivity contribution in [3.8, 4) is 0 Å². The Hall–Kier alpha value is -2.34. The van der Waals surface area contributed by atoms with E-state index in [0.717, 1.165) is 25.7 Å². The van der Waals surface area contributed by atoms with Crippen LogP contribution in [0.15, 0.2) is 24.3 Å². The highest BCUT2D eigenvalue weighted by Gasteiger charge is 2.29. The number of nitrogens with one attached hydrogen (secondary N) is 4. The van der Waals surface area contributed by atoms with Gasteiger partial charge in [0.05, 0.1) is 6.10 Å². The molecule has 0 aliphatic rings. The quantitative estimate of drug-likeness (QED) is 0.0408. The van der Waals surface area contributed by atoms with Gasteiger partial charge in [0.25, 0.3) is 0 Å². The number of hydrogen-bond donors (Lipinski definition) is 5. The second-order valence-corrected chi connectivity index (χ2v) is 10.9. The van der Waals surface area contributed by atoms with Crippen molar-refractivity contribution < 1.29 is 23.9 Å². The second kappa shape index (κ2) is 18.1. The van der Waals surface area contributed by atoms with Gasteiger partial charge in [-0.3, -0.25) is 19.8 Å². The first-order chi connectivity index (χ1) is 18.3. The number of amides is 3. The van der Waals surface area contributed by atoms with E-state index < -0.39 is 10.9 Å². The molecule has 2 atom stereocenters. The number of halogens is 1. The molecule has 218 valence electrons. The third kappa shape index (κ3) is 16.4. The van der Waals surface area contributed by atoms with E-state index in [2.05, 4.69) is 21.5 Å². The summed E-state index contributed by atoms with van der Waals surface area (Å²) in [6.07, 6.45) is 4.53. The van der Waals surface area contributed by atoms with E-state index in [-0.39, 0.29) is 56.5 Å². The van der Waals surface area contributed by atoms with Crippen molar-refractivity contribution in [3.63, 3.8) is 0 Å². The van der Waals surface area contributed by atoms with E-state index in [1.807, 2.05) is 20.8 Å². The highest BCUT2D eigenvalue weighted by molar-refractivity contribution is 6.17. The van der Waals surface area contributed by atoms with Crippen LogP contribution < -0.4 is 27.2 Å². The lowest BCUT2D eigenvalue weighted by atomic mass is 9.82. The van der Waals surface area contributed by atoms with Crippen LogP contribution in [-0.2, 0) is 23.9 Å². The van der Waals surface area contributed by atoms with E-state index in [1.165, 1.54) is 0 Å². The van der Waals surface area contributed by atoms with Crippen LogP contribution in [-0.4, -0.2) is 62.9 Å². The number of hydrogen-bond acceptors (Lipinski definition) is 7. The molecule has 1 rings (SSSR count). The molecule has 6 N–H and O–H groups in total. The largest absolute Gasteiger partial charge is 0.399 e. The lowest BCUT2D eigenvalue weighted by molar-refractivity contribution is -0.128. The van der Waals surface area contributed by atoms with Crippen LogP contribution in [0.3, 0.4) is 0 Å². The van der Waals surface area contributed by atoms with Crippen LogP contribution in [0.1, 0.15) is 72.6 Å². The van der Waals surface area contributed by atoms with Crippen molar-refractivity contribution >= 4 is 48.5 Å². The fourth-order valence-corrected chi connectivity index (χ4v) is 3.52. The van der Waals surface area contributed by atoms with Crippen molar-refractivity contribution in [2.24, 2.45) is 5.41 Å². The molecule has 12 heteroatoms. The van der Waals surface area contributed by atoms with Gasteiger partial charge in [0.1, 0.15) is 14.6 Å². The Bertz CT molecular complexity index is 886. The lowest BCUT2D eigenvalue weighted by Gasteiger charge is -2.29. The molecular weight excluding hydrogens is 521 g/mol. The molecule has 1 aromatic rings.